The minimum Gasteiger partial charge on any atom is -0.496 e. The number of aromatic nitrogens is 1. The van der Waals surface area contributed by atoms with Gasteiger partial charge in [-0.15, -0.1) is 0 Å². The van der Waals surface area contributed by atoms with E-state index in [4.69, 9.17) is 42.4 Å². The molecule has 1 aromatic heterocycles. The van der Waals surface area contributed by atoms with Crippen LogP contribution in [0, 0.1) is 7.14 Å². The highest BCUT2D eigenvalue weighted by atomic mass is 127. The molecule has 7 nitrogen and oxygen atoms in total. The maximum atomic E-state index is 14.2. The van der Waals surface area contributed by atoms with E-state index < -0.39 is 12.0 Å². The lowest BCUT2D eigenvalue weighted by atomic mass is 9.93. The second kappa shape index (κ2) is 15.5. The van der Waals surface area contributed by atoms with Crippen molar-refractivity contribution in [2.24, 2.45) is 4.99 Å². The molecule has 0 unspecified atom stereocenters. The number of carbonyl (C=O) groups excluding carboxylic acids is 1. The van der Waals surface area contributed by atoms with Gasteiger partial charge in [-0.2, -0.15) is 0 Å². The summed E-state index contributed by atoms with van der Waals surface area (Å²) in [5, 5.41) is 1.10. The van der Waals surface area contributed by atoms with Gasteiger partial charge in [0.1, 0.15) is 24.1 Å². The molecule has 1 aliphatic rings. The summed E-state index contributed by atoms with van der Waals surface area (Å²) in [7, 11) is 1.57. The van der Waals surface area contributed by atoms with Gasteiger partial charge in [0.05, 0.1) is 36.7 Å². The van der Waals surface area contributed by atoms with Crippen LogP contribution in [0.25, 0.3) is 6.08 Å². The predicted octanol–water partition coefficient (Wildman–Crippen LogP) is 8.44. The van der Waals surface area contributed by atoms with Gasteiger partial charge in [0, 0.05) is 25.6 Å². The summed E-state index contributed by atoms with van der Waals surface area (Å²) in [6.45, 7) is 4.25. The lowest BCUT2D eigenvalue weighted by Crippen LogP contribution is -2.40. The summed E-state index contributed by atoms with van der Waals surface area (Å²) >= 11 is 21.7. The number of esters is 1. The van der Waals surface area contributed by atoms with Gasteiger partial charge < -0.3 is 14.2 Å². The molecule has 240 valence electrons. The molecular weight excluding hydrogens is 941 g/mol. The van der Waals surface area contributed by atoms with Crippen molar-refractivity contribution in [2.75, 3.05) is 13.7 Å². The van der Waals surface area contributed by atoms with Gasteiger partial charge in [0.15, 0.2) is 4.80 Å². The molecule has 0 saturated heterocycles. The fourth-order valence-corrected chi connectivity index (χ4v) is 9.06. The zero-order valence-corrected chi connectivity index (χ0v) is 33.1. The van der Waals surface area contributed by atoms with Crippen LogP contribution in [0.15, 0.2) is 74.1 Å². The van der Waals surface area contributed by atoms with Crippen LogP contribution in [0.1, 0.15) is 49.4 Å². The molecule has 46 heavy (non-hydrogen) atoms. The highest BCUT2D eigenvalue weighted by molar-refractivity contribution is 14.1. The van der Waals surface area contributed by atoms with E-state index in [0.29, 0.717) is 48.4 Å². The van der Waals surface area contributed by atoms with Crippen molar-refractivity contribution in [3.63, 3.8) is 0 Å². The number of methoxy groups -OCH3 is 1. The van der Waals surface area contributed by atoms with Gasteiger partial charge in [-0.1, -0.05) is 69.9 Å². The van der Waals surface area contributed by atoms with Crippen LogP contribution in [0.3, 0.4) is 0 Å². The molecule has 0 spiro atoms. The molecule has 13 heteroatoms. The average Bonchev–Trinajstić information content (AvgIpc) is 3.31. The van der Waals surface area contributed by atoms with Crippen LogP contribution >= 0.6 is 95.7 Å². The average molecular weight is 968 g/mol. The first-order valence-corrected chi connectivity index (χ1v) is 18.7. The van der Waals surface area contributed by atoms with Crippen molar-refractivity contribution in [1.82, 2.24) is 4.57 Å². The van der Waals surface area contributed by atoms with Gasteiger partial charge in [0.25, 0.3) is 5.56 Å². The highest BCUT2D eigenvalue weighted by Gasteiger charge is 2.36. The Morgan fingerprint density at radius 1 is 1.11 bits per heavy atom. The SMILES string of the molecule is CCCC1=C(C(=O)OCC)[C@@H](c2cc(Br)ccc2OC)n2c(s/c(=C/c3cc(I)c(OCc4ccc(Cl)cc4Cl)c(I)c3)c2=O)=N1. The zero-order chi connectivity index (χ0) is 33.1. The van der Waals surface area contributed by atoms with E-state index in [0.717, 1.165) is 34.9 Å². The van der Waals surface area contributed by atoms with Gasteiger partial charge in [-0.25, -0.2) is 9.79 Å². The van der Waals surface area contributed by atoms with Crippen LogP contribution in [0.4, 0.5) is 0 Å². The van der Waals surface area contributed by atoms with Crippen LogP contribution in [-0.4, -0.2) is 24.3 Å². The van der Waals surface area contributed by atoms with E-state index in [9.17, 15) is 9.59 Å². The van der Waals surface area contributed by atoms with Crippen LogP contribution in [0.5, 0.6) is 11.5 Å². The first-order valence-electron chi connectivity index (χ1n) is 14.2. The summed E-state index contributed by atoms with van der Waals surface area (Å²) in [5.74, 6) is 0.758. The van der Waals surface area contributed by atoms with Gasteiger partial charge in [-0.3, -0.25) is 9.36 Å². The third-order valence-corrected chi connectivity index (χ3v) is 10.7. The summed E-state index contributed by atoms with van der Waals surface area (Å²) in [5.41, 5.74) is 2.98. The molecule has 0 N–H and O–H groups in total. The van der Waals surface area contributed by atoms with Crippen LogP contribution < -0.4 is 24.4 Å². The quantitative estimate of drug-likeness (QED) is 0.118. The fraction of sp³-hybridized carbons (Fsp3) is 0.242. The van der Waals surface area contributed by atoms with E-state index in [1.54, 1.807) is 30.7 Å². The Balaban J connectivity index is 1.62. The van der Waals surface area contributed by atoms with E-state index >= 15 is 0 Å². The van der Waals surface area contributed by atoms with Crippen LogP contribution in [-0.2, 0) is 16.1 Å². The van der Waals surface area contributed by atoms with Crippen LogP contribution in [0.2, 0.25) is 10.0 Å². The molecule has 0 saturated carbocycles. The lowest BCUT2D eigenvalue weighted by Gasteiger charge is -2.27. The Morgan fingerprint density at radius 3 is 2.50 bits per heavy atom. The van der Waals surface area contributed by atoms with Gasteiger partial charge in [-0.05, 0) is 113 Å². The second-order valence-electron chi connectivity index (χ2n) is 10.1. The monoisotopic (exact) mass is 966 g/mol. The first-order chi connectivity index (χ1) is 22.1. The van der Waals surface area contributed by atoms with Crippen molar-refractivity contribution in [2.45, 2.75) is 39.3 Å². The number of hydrogen-bond acceptors (Lipinski definition) is 7. The normalized spacial score (nSPS) is 14.6. The fourth-order valence-electron chi connectivity index (χ4n) is 5.07. The second-order valence-corrected chi connectivity index (χ2v) is 15.2. The summed E-state index contributed by atoms with van der Waals surface area (Å²) in [6.07, 6.45) is 3.15. The molecular formula is C33H27BrCl2I2N2O5S. The Labute approximate surface area is 315 Å². The standard InChI is InChI=1S/C33H27BrCl2I2N2O5S/c1-4-6-25-28(32(42)44-5-2)29(21-14-19(34)8-10-26(21)43-3)40-31(41)27(46-33(40)39-25)13-17-11-23(37)30(24(38)12-17)45-16-18-7-9-20(35)15-22(18)36/h7-15,29H,4-6,16H2,1-3H3/b27-13+/t29-/m1/s1. The van der Waals surface area contributed by atoms with Crippen molar-refractivity contribution in [3.05, 3.63) is 118 Å². The minimum atomic E-state index is -0.790. The molecule has 2 heterocycles. The number of fused-ring (bicyclic) bond motifs is 1. The number of allylic oxidation sites excluding steroid dienone is 1. The molecule has 0 aliphatic carbocycles. The largest absolute Gasteiger partial charge is 0.496 e. The molecule has 3 aromatic carbocycles. The molecule has 0 amide bonds. The Bertz CT molecular complexity index is 2020. The van der Waals surface area contributed by atoms with Crippen molar-refractivity contribution in [1.29, 1.82) is 0 Å². The summed E-state index contributed by atoms with van der Waals surface area (Å²) in [4.78, 5) is 33.1. The van der Waals surface area contributed by atoms with Gasteiger partial charge >= 0.3 is 5.97 Å². The minimum absolute atomic E-state index is 0.193. The molecule has 4 aromatic rings. The molecule has 0 radical (unpaired) electrons. The molecule has 1 aliphatic heterocycles. The number of halogens is 5. The van der Waals surface area contributed by atoms with E-state index in [1.807, 2.05) is 49.4 Å². The summed E-state index contributed by atoms with van der Waals surface area (Å²) < 4.78 is 22.0. The van der Waals surface area contributed by atoms with E-state index in [1.165, 1.54) is 11.3 Å². The van der Waals surface area contributed by atoms with Crippen molar-refractivity contribution >= 4 is 108 Å². The third kappa shape index (κ3) is 7.54. The van der Waals surface area contributed by atoms with Crippen molar-refractivity contribution in [3.8, 4) is 11.5 Å². The van der Waals surface area contributed by atoms with Crippen molar-refractivity contribution < 1.29 is 19.0 Å². The first kappa shape index (κ1) is 35.4. The number of thiazole rings is 1. The Hall–Kier alpha value is -1.91. The summed E-state index contributed by atoms with van der Waals surface area (Å²) in [6, 6.07) is 14.0. The number of nitrogens with zero attached hydrogens (tertiary/aromatic N) is 2. The topological polar surface area (TPSA) is 79.1 Å². The Morgan fingerprint density at radius 2 is 1.85 bits per heavy atom. The number of ether oxygens (including phenoxy) is 3. The zero-order valence-electron chi connectivity index (χ0n) is 24.8. The maximum Gasteiger partial charge on any atom is 0.338 e. The smallest absolute Gasteiger partial charge is 0.338 e. The number of carbonyl (C=O) groups is 1. The number of benzene rings is 3. The number of rotatable bonds is 10. The third-order valence-electron chi connectivity index (χ3n) is 7.08. The predicted molar refractivity (Wildman–Crippen MR) is 203 cm³/mol. The highest BCUT2D eigenvalue weighted by Crippen LogP contribution is 2.38. The van der Waals surface area contributed by atoms with E-state index in [2.05, 4.69) is 61.1 Å². The molecule has 1 atom stereocenters. The number of hydrogen-bond donors (Lipinski definition) is 0. The van der Waals surface area contributed by atoms with Gasteiger partial charge in [0.2, 0.25) is 0 Å². The molecule has 0 fully saturated rings. The Kier molecular flexibility index (Phi) is 12.0. The molecule has 0 bridgehead atoms. The molecule has 5 rings (SSSR count). The lowest BCUT2D eigenvalue weighted by molar-refractivity contribution is -0.139. The maximum absolute atomic E-state index is 14.2. The van der Waals surface area contributed by atoms with E-state index in [-0.39, 0.29) is 18.8 Å².